The standard InChI is InChI=1S/C26H30N2O3.C3H8/c1-16(2)18-7-6-8-19(10-9-18)20-11-21-14-27-23-13-25(31-17(3)4)24(30-5)12-22(23)26(29)28(21)15-20;1-3-2/h6-8,10,12-17,21H,9,11H2,1-5H3;3H2,1-2H3. The molecule has 0 bridgehead atoms. The number of rotatable bonds is 5. The van der Waals surface area contributed by atoms with Gasteiger partial charge in [-0.2, -0.15) is 0 Å². The lowest BCUT2D eigenvalue weighted by molar-refractivity contribution is 0.0817. The lowest BCUT2D eigenvalue weighted by atomic mass is 9.98. The second-order valence-electron chi connectivity index (χ2n) is 9.43. The summed E-state index contributed by atoms with van der Waals surface area (Å²) in [7, 11) is 1.58. The van der Waals surface area contributed by atoms with Crippen LogP contribution in [0.15, 0.2) is 64.3 Å². The van der Waals surface area contributed by atoms with Gasteiger partial charge in [0.15, 0.2) is 11.5 Å². The molecular formula is C29H38N2O3. The van der Waals surface area contributed by atoms with Crippen molar-refractivity contribution in [3.05, 3.63) is 64.9 Å². The Morgan fingerprint density at radius 1 is 1.15 bits per heavy atom. The van der Waals surface area contributed by atoms with Crippen molar-refractivity contribution in [1.82, 2.24) is 4.90 Å². The number of carbonyl (C=O) groups excluding carboxylic acids is 1. The lowest BCUT2D eigenvalue weighted by Gasteiger charge is -2.19. The summed E-state index contributed by atoms with van der Waals surface area (Å²) in [6, 6.07) is 3.45. The van der Waals surface area contributed by atoms with E-state index in [0.717, 1.165) is 18.4 Å². The van der Waals surface area contributed by atoms with Gasteiger partial charge >= 0.3 is 0 Å². The van der Waals surface area contributed by atoms with E-state index in [-0.39, 0.29) is 18.1 Å². The first-order chi connectivity index (χ1) is 16.3. The number of hydrogen-bond donors (Lipinski definition) is 0. The fraction of sp³-hybridized carbons (Fsp3) is 0.448. The smallest absolute Gasteiger partial charge is 0.260 e. The molecule has 0 radical (unpaired) electrons. The van der Waals surface area contributed by atoms with Gasteiger partial charge in [0.1, 0.15) is 0 Å². The third kappa shape index (κ3) is 5.69. The number of ether oxygens (including phenoxy) is 2. The molecule has 5 heteroatoms. The van der Waals surface area contributed by atoms with Crippen molar-refractivity contribution in [2.45, 2.75) is 73.0 Å². The minimum atomic E-state index is -0.0922. The summed E-state index contributed by atoms with van der Waals surface area (Å²) in [6.07, 6.45) is 15.5. The van der Waals surface area contributed by atoms with Crippen molar-refractivity contribution < 1.29 is 14.3 Å². The highest BCUT2D eigenvalue weighted by Crippen LogP contribution is 2.40. The van der Waals surface area contributed by atoms with Crippen LogP contribution in [0.5, 0.6) is 11.5 Å². The molecule has 1 unspecified atom stereocenters. The number of fused-ring (bicyclic) bond motifs is 2. The summed E-state index contributed by atoms with van der Waals surface area (Å²) < 4.78 is 11.3. The lowest BCUT2D eigenvalue weighted by Crippen LogP contribution is -2.32. The van der Waals surface area contributed by atoms with Crippen LogP contribution in [-0.2, 0) is 0 Å². The Morgan fingerprint density at radius 2 is 1.88 bits per heavy atom. The van der Waals surface area contributed by atoms with Gasteiger partial charge in [0, 0.05) is 24.9 Å². The van der Waals surface area contributed by atoms with E-state index in [1.54, 1.807) is 24.1 Å². The Morgan fingerprint density at radius 3 is 2.53 bits per heavy atom. The van der Waals surface area contributed by atoms with Crippen LogP contribution in [0.4, 0.5) is 5.69 Å². The van der Waals surface area contributed by atoms with Crippen molar-refractivity contribution >= 4 is 17.8 Å². The van der Waals surface area contributed by atoms with Crippen LogP contribution in [0.1, 0.15) is 71.2 Å². The van der Waals surface area contributed by atoms with Gasteiger partial charge in [0.2, 0.25) is 0 Å². The molecule has 0 spiro atoms. The first-order valence-corrected chi connectivity index (χ1v) is 12.3. The molecule has 1 aromatic carbocycles. The first-order valence-electron chi connectivity index (χ1n) is 12.3. The summed E-state index contributed by atoms with van der Waals surface area (Å²) in [6.45, 7) is 12.6. The van der Waals surface area contributed by atoms with E-state index in [1.165, 1.54) is 17.6 Å². The van der Waals surface area contributed by atoms with Gasteiger partial charge in [-0.05, 0) is 43.4 Å². The molecule has 0 aromatic heterocycles. The minimum absolute atomic E-state index is 0.00219. The van der Waals surface area contributed by atoms with Gasteiger partial charge in [0.05, 0.1) is 30.5 Å². The molecule has 182 valence electrons. The zero-order chi connectivity index (χ0) is 24.8. The summed E-state index contributed by atoms with van der Waals surface area (Å²) in [4.78, 5) is 19.9. The molecule has 2 aliphatic heterocycles. The first kappa shape index (κ1) is 25.5. The van der Waals surface area contributed by atoms with Crippen LogP contribution in [0.25, 0.3) is 0 Å². The SMILES string of the molecule is CCC.COc1cc2c(cc1OC(C)C)N=CC1CC(C3=CCC(C(C)C)=CC=C3)=CN1C2=O. The maximum Gasteiger partial charge on any atom is 0.260 e. The largest absolute Gasteiger partial charge is 0.493 e. The molecule has 1 atom stereocenters. The molecule has 1 amide bonds. The zero-order valence-corrected chi connectivity index (χ0v) is 21.6. The fourth-order valence-electron chi connectivity index (χ4n) is 4.11. The normalized spacial score (nSPS) is 18.9. The molecule has 0 fully saturated rings. The summed E-state index contributed by atoms with van der Waals surface area (Å²) in [5, 5.41) is 0. The molecule has 2 heterocycles. The zero-order valence-electron chi connectivity index (χ0n) is 21.6. The molecule has 1 aliphatic carbocycles. The third-order valence-corrected chi connectivity index (χ3v) is 5.83. The third-order valence-electron chi connectivity index (χ3n) is 5.83. The number of aliphatic imine (C=N–C) groups is 1. The predicted molar refractivity (Wildman–Crippen MR) is 140 cm³/mol. The highest BCUT2D eigenvalue weighted by Gasteiger charge is 2.33. The molecule has 0 N–H and O–H groups in total. The van der Waals surface area contributed by atoms with Crippen molar-refractivity contribution in [3.8, 4) is 11.5 Å². The second kappa shape index (κ2) is 11.4. The van der Waals surface area contributed by atoms with Crippen LogP contribution >= 0.6 is 0 Å². The molecule has 0 saturated heterocycles. The summed E-state index contributed by atoms with van der Waals surface area (Å²) in [5.41, 5.74) is 4.90. The summed E-state index contributed by atoms with van der Waals surface area (Å²) in [5.74, 6) is 1.60. The van der Waals surface area contributed by atoms with Crippen molar-refractivity contribution in [3.63, 3.8) is 0 Å². The molecule has 4 rings (SSSR count). The topological polar surface area (TPSA) is 51.1 Å². The van der Waals surface area contributed by atoms with Gasteiger partial charge in [-0.25, -0.2) is 0 Å². The van der Waals surface area contributed by atoms with E-state index in [0.29, 0.717) is 28.7 Å². The maximum atomic E-state index is 13.4. The number of nitrogens with zero attached hydrogens (tertiary/aromatic N) is 2. The van der Waals surface area contributed by atoms with Crippen molar-refractivity contribution in [1.29, 1.82) is 0 Å². The number of methoxy groups -OCH3 is 1. The van der Waals surface area contributed by atoms with E-state index in [2.05, 4.69) is 57.0 Å². The molecular weight excluding hydrogens is 424 g/mol. The number of hydrogen-bond acceptors (Lipinski definition) is 4. The van der Waals surface area contributed by atoms with E-state index < -0.39 is 0 Å². The van der Waals surface area contributed by atoms with Gasteiger partial charge in [-0.15, -0.1) is 0 Å². The Hall–Kier alpha value is -3.08. The number of benzene rings is 1. The number of amides is 1. The van der Waals surface area contributed by atoms with E-state index in [1.807, 2.05) is 26.3 Å². The molecule has 3 aliphatic rings. The van der Waals surface area contributed by atoms with Crippen LogP contribution in [0, 0.1) is 5.92 Å². The number of carbonyl (C=O) groups is 1. The molecule has 0 saturated carbocycles. The fourth-order valence-corrected chi connectivity index (χ4v) is 4.11. The monoisotopic (exact) mass is 462 g/mol. The van der Waals surface area contributed by atoms with Crippen LogP contribution in [0.2, 0.25) is 0 Å². The van der Waals surface area contributed by atoms with Gasteiger partial charge < -0.3 is 14.4 Å². The van der Waals surface area contributed by atoms with Crippen LogP contribution in [-0.4, -0.2) is 36.3 Å². The van der Waals surface area contributed by atoms with Crippen molar-refractivity contribution in [2.75, 3.05) is 7.11 Å². The van der Waals surface area contributed by atoms with Crippen molar-refractivity contribution in [2.24, 2.45) is 10.9 Å². The maximum absolute atomic E-state index is 13.4. The van der Waals surface area contributed by atoms with Gasteiger partial charge in [0.25, 0.3) is 5.91 Å². The highest BCUT2D eigenvalue weighted by atomic mass is 16.5. The van der Waals surface area contributed by atoms with Crippen LogP contribution in [0.3, 0.4) is 0 Å². The van der Waals surface area contributed by atoms with Gasteiger partial charge in [-0.1, -0.05) is 64.0 Å². The Kier molecular flexibility index (Phi) is 8.54. The minimum Gasteiger partial charge on any atom is -0.493 e. The quantitative estimate of drug-likeness (QED) is 0.466. The van der Waals surface area contributed by atoms with Gasteiger partial charge in [-0.3, -0.25) is 9.79 Å². The van der Waals surface area contributed by atoms with E-state index in [4.69, 9.17) is 9.47 Å². The highest BCUT2D eigenvalue weighted by molar-refractivity contribution is 6.04. The number of allylic oxidation sites excluding steroid dienone is 6. The molecule has 5 nitrogen and oxygen atoms in total. The Bertz CT molecular complexity index is 1060. The van der Waals surface area contributed by atoms with Crippen LogP contribution < -0.4 is 9.47 Å². The second-order valence-corrected chi connectivity index (χ2v) is 9.43. The average Bonchev–Trinajstić information content (AvgIpc) is 2.98. The summed E-state index contributed by atoms with van der Waals surface area (Å²) >= 11 is 0. The Labute approximate surface area is 204 Å². The molecule has 34 heavy (non-hydrogen) atoms. The Balaban J connectivity index is 0.00000103. The average molecular weight is 463 g/mol. The predicted octanol–water partition coefficient (Wildman–Crippen LogP) is 7.18. The van der Waals surface area contributed by atoms with E-state index >= 15 is 0 Å². The molecule has 1 aromatic rings. The van der Waals surface area contributed by atoms with E-state index in [9.17, 15) is 4.79 Å².